The smallest absolute Gasteiger partial charge is 0.268 e. The summed E-state index contributed by atoms with van der Waals surface area (Å²) in [5.74, 6) is -0.208. The van der Waals surface area contributed by atoms with Crippen LogP contribution in [0.4, 0.5) is 0 Å². The monoisotopic (exact) mass is 1170 g/mol. The van der Waals surface area contributed by atoms with Gasteiger partial charge in [0, 0.05) is 6.42 Å². The molecular formula is C74H131N2O6P. The van der Waals surface area contributed by atoms with Gasteiger partial charge in [-0.1, -0.05) is 315 Å². The summed E-state index contributed by atoms with van der Waals surface area (Å²) in [7, 11) is 1.26. The molecule has 0 spiro atoms. The second-order valence-corrected chi connectivity index (χ2v) is 25.6. The summed E-state index contributed by atoms with van der Waals surface area (Å²) in [4.78, 5) is 25.6. The molecule has 3 atom stereocenters. The number of allylic oxidation sites excluding steroid dienone is 20. The zero-order valence-electron chi connectivity index (χ0n) is 54.6. The van der Waals surface area contributed by atoms with E-state index in [4.69, 9.17) is 9.05 Å². The number of quaternary nitrogens is 1. The van der Waals surface area contributed by atoms with E-state index in [1.807, 2.05) is 21.1 Å². The first-order valence-electron chi connectivity index (χ1n) is 34.4. The van der Waals surface area contributed by atoms with E-state index in [1.54, 1.807) is 0 Å². The molecule has 83 heavy (non-hydrogen) atoms. The van der Waals surface area contributed by atoms with Gasteiger partial charge < -0.3 is 28.8 Å². The number of rotatable bonds is 62. The third-order valence-corrected chi connectivity index (χ3v) is 15.9. The Kier molecular flexibility index (Phi) is 61.0. The van der Waals surface area contributed by atoms with E-state index in [9.17, 15) is 19.4 Å². The van der Waals surface area contributed by atoms with Crippen LogP contribution in [0.1, 0.15) is 290 Å². The molecule has 0 saturated carbocycles. The first-order chi connectivity index (χ1) is 40.5. The molecule has 0 saturated heterocycles. The molecule has 0 aliphatic carbocycles. The molecule has 0 bridgehead atoms. The van der Waals surface area contributed by atoms with Crippen LogP contribution >= 0.6 is 7.82 Å². The maximum absolute atomic E-state index is 13.0. The second-order valence-electron chi connectivity index (χ2n) is 24.2. The van der Waals surface area contributed by atoms with E-state index in [2.05, 4.69) is 141 Å². The molecule has 3 unspecified atom stereocenters. The molecule has 0 fully saturated rings. The van der Waals surface area contributed by atoms with Gasteiger partial charge in [-0.3, -0.25) is 9.36 Å². The van der Waals surface area contributed by atoms with Crippen LogP contribution in [-0.4, -0.2) is 68.5 Å². The SMILES string of the molecule is CC/C=C\C/C=C\C/C=C\C/C=C\C/C=C\C/C=C\C/C=C\C/C=C\C/C=C\C/C=C\CCCCC(=O)NC(COP(=O)([O-])OCC[N+](C)(C)C)C(O)CCCCCCCCCCCCCCCCCCCCCCCCCCCCCC. The minimum absolute atomic E-state index is 0.00267. The lowest BCUT2D eigenvalue weighted by atomic mass is 10.0. The normalized spacial score (nSPS) is 14.4. The van der Waals surface area contributed by atoms with Gasteiger partial charge in [0.2, 0.25) is 5.91 Å². The first kappa shape index (κ1) is 79.9. The highest BCUT2D eigenvalue weighted by molar-refractivity contribution is 7.45. The average Bonchev–Trinajstić information content (AvgIpc) is 3.49. The fraction of sp³-hybridized carbons (Fsp3) is 0.716. The van der Waals surface area contributed by atoms with E-state index in [-0.39, 0.29) is 19.1 Å². The number of aliphatic hydroxyl groups excluding tert-OH is 1. The van der Waals surface area contributed by atoms with Crippen LogP contribution in [0.25, 0.3) is 0 Å². The Morgan fingerprint density at radius 1 is 0.434 bits per heavy atom. The fourth-order valence-electron chi connectivity index (χ4n) is 9.66. The lowest BCUT2D eigenvalue weighted by Gasteiger charge is -2.30. The van der Waals surface area contributed by atoms with Gasteiger partial charge in [0.15, 0.2) is 0 Å². The van der Waals surface area contributed by atoms with Gasteiger partial charge >= 0.3 is 0 Å². The molecule has 0 aromatic rings. The maximum atomic E-state index is 13.0. The number of aliphatic hydroxyl groups is 1. The van der Waals surface area contributed by atoms with Crippen molar-refractivity contribution in [3.63, 3.8) is 0 Å². The molecule has 0 radical (unpaired) electrons. The third kappa shape index (κ3) is 66.3. The van der Waals surface area contributed by atoms with Crippen LogP contribution in [0.3, 0.4) is 0 Å². The van der Waals surface area contributed by atoms with Gasteiger partial charge in [0.05, 0.1) is 39.9 Å². The number of amides is 1. The van der Waals surface area contributed by atoms with E-state index in [0.29, 0.717) is 30.3 Å². The number of likely N-dealkylation sites (N-methyl/N-ethyl adjacent to an activating group) is 1. The number of phosphoric acid groups is 1. The molecule has 0 aromatic heterocycles. The Bertz CT molecular complexity index is 1770. The molecule has 9 heteroatoms. The first-order valence-corrected chi connectivity index (χ1v) is 35.8. The fourth-order valence-corrected chi connectivity index (χ4v) is 10.4. The molecule has 0 aliphatic rings. The number of carbonyl (C=O) groups excluding carboxylic acids is 1. The van der Waals surface area contributed by atoms with Crippen molar-refractivity contribution in [1.29, 1.82) is 0 Å². The Balaban J connectivity index is 4.20. The molecule has 0 heterocycles. The quantitative estimate of drug-likeness (QED) is 0.0272. The van der Waals surface area contributed by atoms with Crippen molar-refractivity contribution in [2.45, 2.75) is 302 Å². The summed E-state index contributed by atoms with van der Waals surface area (Å²) < 4.78 is 23.5. The van der Waals surface area contributed by atoms with Crippen LogP contribution in [0.2, 0.25) is 0 Å². The lowest BCUT2D eigenvalue weighted by Crippen LogP contribution is -2.46. The molecule has 1 amide bonds. The van der Waals surface area contributed by atoms with Crippen LogP contribution in [0.15, 0.2) is 122 Å². The van der Waals surface area contributed by atoms with Crippen molar-refractivity contribution in [3.05, 3.63) is 122 Å². The maximum Gasteiger partial charge on any atom is 0.268 e. The summed E-state index contributed by atoms with van der Waals surface area (Å²) in [5.41, 5.74) is 0. The number of carbonyl (C=O) groups is 1. The predicted octanol–water partition coefficient (Wildman–Crippen LogP) is 21.4. The summed E-state index contributed by atoms with van der Waals surface area (Å²) in [6.45, 7) is 4.59. The molecular weight excluding hydrogens is 1040 g/mol. The predicted molar refractivity (Wildman–Crippen MR) is 362 cm³/mol. The largest absolute Gasteiger partial charge is 0.756 e. The summed E-state index contributed by atoms with van der Waals surface area (Å²) >= 11 is 0. The van der Waals surface area contributed by atoms with Crippen LogP contribution in [0.5, 0.6) is 0 Å². The lowest BCUT2D eigenvalue weighted by molar-refractivity contribution is -0.870. The van der Waals surface area contributed by atoms with Crippen molar-refractivity contribution in [2.24, 2.45) is 0 Å². The summed E-state index contributed by atoms with van der Waals surface area (Å²) in [6.07, 6.45) is 94.1. The molecule has 8 nitrogen and oxygen atoms in total. The number of nitrogens with zero attached hydrogens (tertiary/aromatic N) is 1. The van der Waals surface area contributed by atoms with E-state index < -0.39 is 20.0 Å². The van der Waals surface area contributed by atoms with Crippen molar-refractivity contribution in [1.82, 2.24) is 5.32 Å². The zero-order chi connectivity index (χ0) is 60.5. The highest BCUT2D eigenvalue weighted by atomic mass is 31.2. The number of phosphoric ester groups is 1. The van der Waals surface area contributed by atoms with Crippen molar-refractivity contribution in [2.75, 3.05) is 40.9 Å². The van der Waals surface area contributed by atoms with Gasteiger partial charge in [-0.15, -0.1) is 0 Å². The van der Waals surface area contributed by atoms with E-state index in [1.165, 1.54) is 161 Å². The van der Waals surface area contributed by atoms with Gasteiger partial charge in [-0.25, -0.2) is 0 Å². The number of hydrogen-bond acceptors (Lipinski definition) is 6. The van der Waals surface area contributed by atoms with Crippen molar-refractivity contribution >= 4 is 13.7 Å². The molecule has 2 N–H and O–H groups in total. The number of nitrogens with one attached hydrogen (secondary N) is 1. The van der Waals surface area contributed by atoms with Crippen LogP contribution < -0.4 is 10.2 Å². The zero-order valence-corrected chi connectivity index (χ0v) is 55.5. The van der Waals surface area contributed by atoms with Crippen LogP contribution in [-0.2, 0) is 18.4 Å². The Morgan fingerprint density at radius 2 is 0.735 bits per heavy atom. The minimum atomic E-state index is -4.60. The molecule has 0 rings (SSSR count). The van der Waals surface area contributed by atoms with Gasteiger partial charge in [0.1, 0.15) is 13.2 Å². The molecule has 0 aromatic carbocycles. The summed E-state index contributed by atoms with van der Waals surface area (Å²) in [6, 6.07) is -0.835. The standard InChI is InChI=1S/C74H131N2O6P/c1-6-8-10-12-14-16-18-20-22-24-26-28-30-32-34-36-37-38-39-40-42-44-46-48-50-52-54-56-58-60-62-64-66-68-74(78)75-72(71-82-83(79,80)81-70-69-76(3,4)5)73(77)67-65-63-61-59-57-55-53-51-49-47-45-43-41-35-33-31-29-27-25-23-21-19-17-15-13-11-9-7-2/h8,10,14,16,20,22,26,28,32,34,37-38,40,42,46,48,52,54,58,60,72-73,77H,6-7,9,11-13,15,17-19,21,23-25,27,29-31,33,35-36,39,41,43-45,47,49-51,53,55-57,59,61-71H2,1-5H3,(H-,75,78,79,80)/b10-8-,16-14-,22-20-,28-26-,34-32-,38-37-,42-40-,48-46-,54-52-,60-58-. The van der Waals surface area contributed by atoms with Crippen molar-refractivity contribution < 1.29 is 32.9 Å². The topological polar surface area (TPSA) is 108 Å². The van der Waals surface area contributed by atoms with E-state index >= 15 is 0 Å². The third-order valence-electron chi connectivity index (χ3n) is 15.0. The van der Waals surface area contributed by atoms with Crippen LogP contribution in [0, 0.1) is 0 Å². The van der Waals surface area contributed by atoms with Gasteiger partial charge in [-0.2, -0.15) is 0 Å². The molecule has 0 aliphatic heterocycles. The Labute approximate surface area is 514 Å². The number of hydrogen-bond donors (Lipinski definition) is 2. The van der Waals surface area contributed by atoms with E-state index in [0.717, 1.165) is 96.3 Å². The summed E-state index contributed by atoms with van der Waals surface area (Å²) in [5, 5.41) is 14.1. The van der Waals surface area contributed by atoms with Gasteiger partial charge in [-0.05, 0) is 89.9 Å². The Hall–Kier alpha value is -3.10. The second kappa shape index (κ2) is 63.4. The Morgan fingerprint density at radius 3 is 1.05 bits per heavy atom. The number of unbranched alkanes of at least 4 members (excludes halogenated alkanes) is 29. The average molecular weight is 1180 g/mol. The highest BCUT2D eigenvalue weighted by Gasteiger charge is 2.24. The minimum Gasteiger partial charge on any atom is -0.756 e. The van der Waals surface area contributed by atoms with Gasteiger partial charge in [0.25, 0.3) is 7.82 Å². The molecule has 478 valence electrons. The van der Waals surface area contributed by atoms with Crippen molar-refractivity contribution in [3.8, 4) is 0 Å². The highest BCUT2D eigenvalue weighted by Crippen LogP contribution is 2.38.